The second kappa shape index (κ2) is 6.85. The highest BCUT2D eigenvalue weighted by molar-refractivity contribution is 8.13. The molecule has 3 nitrogen and oxygen atoms in total. The monoisotopic (exact) mass is 402 g/mol. The van der Waals surface area contributed by atoms with E-state index >= 15 is 0 Å². The van der Waals surface area contributed by atoms with E-state index in [1.54, 1.807) is 12.2 Å². The van der Waals surface area contributed by atoms with Crippen LogP contribution in [0.1, 0.15) is 39.5 Å². The van der Waals surface area contributed by atoms with Crippen molar-refractivity contribution in [2.75, 3.05) is 6.01 Å². The van der Waals surface area contributed by atoms with Crippen molar-refractivity contribution in [1.82, 2.24) is 0 Å². The fraction of sp³-hybridized carbons (Fsp3) is 0.652. The van der Waals surface area contributed by atoms with E-state index in [1.165, 1.54) is 0 Å². The van der Waals surface area contributed by atoms with Crippen molar-refractivity contribution in [2.24, 2.45) is 40.4 Å². The zero-order valence-corrected chi connectivity index (χ0v) is 17.2. The first-order chi connectivity index (χ1) is 13.3. The highest BCUT2D eigenvalue weighted by atomic mass is 32.2. The molecule has 150 valence electrons. The summed E-state index contributed by atoms with van der Waals surface area (Å²) in [5.74, 6) is 2.67. The smallest absolute Gasteiger partial charge is 0.196 e. The molecule has 0 aromatic carbocycles. The van der Waals surface area contributed by atoms with Crippen LogP contribution >= 0.6 is 11.8 Å². The van der Waals surface area contributed by atoms with Crippen LogP contribution in [0.4, 0.5) is 4.39 Å². The molecule has 0 aromatic rings. The van der Waals surface area contributed by atoms with Gasteiger partial charge in [0.15, 0.2) is 10.9 Å². The van der Waals surface area contributed by atoms with Gasteiger partial charge in [-0.25, -0.2) is 4.39 Å². The lowest BCUT2D eigenvalue weighted by molar-refractivity contribution is -0.133. The lowest BCUT2D eigenvalue weighted by atomic mass is 9.47. The number of fused-ring (bicyclic) bond motifs is 5. The molecule has 0 heterocycles. The molecule has 4 rings (SSSR count). The van der Waals surface area contributed by atoms with Gasteiger partial charge in [0.1, 0.15) is 6.01 Å². The first-order valence-corrected chi connectivity index (χ1v) is 11.1. The van der Waals surface area contributed by atoms with Crippen molar-refractivity contribution in [3.05, 3.63) is 23.8 Å². The van der Waals surface area contributed by atoms with Gasteiger partial charge in [-0.05, 0) is 55.1 Å². The van der Waals surface area contributed by atoms with E-state index in [0.717, 1.165) is 24.8 Å². The van der Waals surface area contributed by atoms with E-state index in [0.29, 0.717) is 18.2 Å². The number of halogens is 1. The lowest BCUT2D eigenvalue weighted by Gasteiger charge is -2.58. The molecule has 5 heteroatoms. The Morgan fingerprint density at radius 1 is 1.46 bits per heavy atom. The van der Waals surface area contributed by atoms with E-state index < -0.39 is 23.4 Å². The molecule has 8 atom stereocenters. The van der Waals surface area contributed by atoms with E-state index in [1.807, 2.05) is 6.08 Å². The molecule has 0 aromatic heterocycles. The molecule has 1 N–H and O–H groups in total. The number of carbonyl (C=O) groups excluding carboxylic acids is 2. The SMILES string of the molecule is C#C[C@@H]1CC2C3CCC4=CC(=O)C=CC4(C)C3C(O)CC2(C)C1C(=O)SCF. The van der Waals surface area contributed by atoms with Crippen LogP contribution in [0.25, 0.3) is 0 Å². The van der Waals surface area contributed by atoms with Crippen LogP contribution in [0.5, 0.6) is 0 Å². The minimum absolute atomic E-state index is 0.0102. The summed E-state index contributed by atoms with van der Waals surface area (Å²) in [6.45, 7) is 4.20. The van der Waals surface area contributed by atoms with Gasteiger partial charge in [-0.15, -0.1) is 12.3 Å². The third-order valence-electron chi connectivity index (χ3n) is 8.22. The highest BCUT2D eigenvalue weighted by Gasteiger charge is 2.64. The van der Waals surface area contributed by atoms with Crippen molar-refractivity contribution in [3.63, 3.8) is 0 Å². The molecular weight excluding hydrogens is 375 g/mol. The topological polar surface area (TPSA) is 54.4 Å². The van der Waals surface area contributed by atoms with Crippen LogP contribution in [0.15, 0.2) is 23.8 Å². The molecule has 28 heavy (non-hydrogen) atoms. The number of hydrogen-bond acceptors (Lipinski definition) is 4. The molecule has 3 saturated carbocycles. The van der Waals surface area contributed by atoms with E-state index in [4.69, 9.17) is 6.42 Å². The summed E-state index contributed by atoms with van der Waals surface area (Å²) < 4.78 is 12.9. The summed E-state index contributed by atoms with van der Waals surface area (Å²) >= 11 is 0.710. The number of rotatable bonds is 2. The Morgan fingerprint density at radius 2 is 2.21 bits per heavy atom. The van der Waals surface area contributed by atoms with Crippen molar-refractivity contribution in [1.29, 1.82) is 0 Å². The van der Waals surface area contributed by atoms with Gasteiger partial charge < -0.3 is 5.11 Å². The Bertz CT molecular complexity index is 811. The lowest BCUT2D eigenvalue weighted by Crippen LogP contribution is -2.56. The number of hydrogen-bond donors (Lipinski definition) is 1. The molecule has 0 saturated heterocycles. The number of carbonyl (C=O) groups is 2. The largest absolute Gasteiger partial charge is 0.393 e. The van der Waals surface area contributed by atoms with Crippen LogP contribution < -0.4 is 0 Å². The van der Waals surface area contributed by atoms with Gasteiger partial charge in [-0.1, -0.05) is 37.3 Å². The maximum absolute atomic E-state index is 12.9. The van der Waals surface area contributed by atoms with Crippen LogP contribution in [-0.4, -0.2) is 28.1 Å². The third kappa shape index (κ3) is 2.68. The molecule has 4 aliphatic rings. The van der Waals surface area contributed by atoms with Gasteiger partial charge in [0, 0.05) is 23.2 Å². The summed E-state index contributed by atoms with van der Waals surface area (Å²) in [6.07, 6.45) is 13.5. The third-order valence-corrected chi connectivity index (χ3v) is 8.86. The number of thioether (sulfide) groups is 1. The van der Waals surface area contributed by atoms with Gasteiger partial charge in [0.05, 0.1) is 6.10 Å². The van der Waals surface area contributed by atoms with E-state index in [2.05, 4.69) is 19.8 Å². The van der Waals surface area contributed by atoms with E-state index in [9.17, 15) is 19.1 Å². The van der Waals surface area contributed by atoms with Crippen molar-refractivity contribution < 1.29 is 19.1 Å². The van der Waals surface area contributed by atoms with Gasteiger partial charge >= 0.3 is 0 Å². The van der Waals surface area contributed by atoms with Gasteiger partial charge in [0.25, 0.3) is 0 Å². The first kappa shape index (κ1) is 19.9. The van der Waals surface area contributed by atoms with Gasteiger partial charge in [-0.3, -0.25) is 9.59 Å². The summed E-state index contributed by atoms with van der Waals surface area (Å²) in [6, 6.07) is -0.743. The molecule has 3 fully saturated rings. The maximum Gasteiger partial charge on any atom is 0.196 e. The van der Waals surface area contributed by atoms with Crippen LogP contribution in [-0.2, 0) is 9.59 Å². The highest BCUT2D eigenvalue weighted by Crippen LogP contribution is 2.67. The predicted molar refractivity (Wildman–Crippen MR) is 108 cm³/mol. The summed E-state index contributed by atoms with van der Waals surface area (Å²) in [4.78, 5) is 24.6. The normalized spacial score (nSPS) is 46.8. The summed E-state index contributed by atoms with van der Waals surface area (Å²) in [5.41, 5.74) is 0.359. The number of alkyl halides is 1. The van der Waals surface area contributed by atoms with Gasteiger partial charge in [-0.2, -0.15) is 0 Å². The van der Waals surface area contributed by atoms with Crippen molar-refractivity contribution >= 4 is 22.7 Å². The quantitative estimate of drug-likeness (QED) is 0.711. The predicted octanol–water partition coefficient (Wildman–Crippen LogP) is 3.93. The van der Waals surface area contributed by atoms with Crippen molar-refractivity contribution in [2.45, 2.75) is 45.6 Å². The molecule has 4 aliphatic carbocycles. The molecule has 0 radical (unpaired) electrons. The Hall–Kier alpha value is -1.38. The summed E-state index contributed by atoms with van der Waals surface area (Å²) in [7, 11) is 0. The molecule has 0 amide bonds. The second-order valence-corrected chi connectivity index (χ2v) is 10.3. The average Bonchev–Trinajstić information content (AvgIpc) is 2.94. The standard InChI is InChI=1S/C23H27FO3S/c1-4-13-9-17-16-6-5-14-10-15(25)7-8-22(14,2)20(16)18(26)11-23(17,3)19(13)21(27)28-12-24/h1,7-8,10,13,16-20,26H,5-6,9,11-12H2,2-3H3/t13-,16?,17?,18?,19?,20?,22?,23?/m1/s1. The maximum atomic E-state index is 12.9. The number of ketones is 1. The molecular formula is C23H27FO3S. The first-order valence-electron chi connectivity index (χ1n) is 10.1. The number of aliphatic hydroxyl groups is 1. The Morgan fingerprint density at radius 3 is 2.89 bits per heavy atom. The Labute approximate surface area is 170 Å². The fourth-order valence-electron chi connectivity index (χ4n) is 7.12. The van der Waals surface area contributed by atoms with E-state index in [-0.39, 0.29) is 40.0 Å². The Balaban J connectivity index is 1.73. The zero-order valence-electron chi connectivity index (χ0n) is 16.4. The number of aliphatic hydroxyl groups excluding tert-OH is 1. The Kier molecular flexibility index (Phi) is 4.87. The molecule has 0 bridgehead atoms. The average molecular weight is 403 g/mol. The van der Waals surface area contributed by atoms with Crippen molar-refractivity contribution in [3.8, 4) is 12.3 Å². The minimum Gasteiger partial charge on any atom is -0.393 e. The molecule has 0 spiro atoms. The number of terminal acetylenes is 1. The molecule has 0 aliphatic heterocycles. The minimum atomic E-state index is -0.743. The second-order valence-electron chi connectivity index (χ2n) is 9.36. The molecule has 7 unspecified atom stereocenters. The zero-order chi connectivity index (χ0) is 20.3. The summed E-state index contributed by atoms with van der Waals surface area (Å²) in [5, 5.41) is 11.1. The van der Waals surface area contributed by atoms with Crippen LogP contribution in [0.2, 0.25) is 0 Å². The number of allylic oxidation sites excluding steroid dienone is 4. The van der Waals surface area contributed by atoms with Crippen LogP contribution in [0, 0.1) is 52.8 Å². The fourth-order valence-corrected chi connectivity index (χ4v) is 7.84. The van der Waals surface area contributed by atoms with Gasteiger partial charge in [0.2, 0.25) is 0 Å². The van der Waals surface area contributed by atoms with Crippen LogP contribution in [0.3, 0.4) is 0 Å².